The van der Waals surface area contributed by atoms with Crippen molar-refractivity contribution in [2.75, 3.05) is 33.4 Å². The number of hydrazine groups is 1. The van der Waals surface area contributed by atoms with Crippen molar-refractivity contribution in [3.8, 4) is 0 Å². The molecule has 0 aromatic carbocycles. The summed E-state index contributed by atoms with van der Waals surface area (Å²) in [6.45, 7) is 4.50. The molecule has 0 aromatic heterocycles. The first kappa shape index (κ1) is 15.4. The van der Waals surface area contributed by atoms with E-state index in [0.29, 0.717) is 26.3 Å². The highest BCUT2D eigenvalue weighted by Gasteiger charge is 2.45. The maximum atomic E-state index is 13.1. The van der Waals surface area contributed by atoms with Crippen molar-refractivity contribution in [1.82, 2.24) is 15.3 Å². The van der Waals surface area contributed by atoms with Crippen LogP contribution in [0.15, 0.2) is 52.3 Å². The number of hydrogen-bond donors (Lipinski definition) is 1. The second-order valence-electron chi connectivity index (χ2n) is 6.64. The van der Waals surface area contributed by atoms with Gasteiger partial charge in [0.2, 0.25) is 0 Å². The number of rotatable bonds is 2. The van der Waals surface area contributed by atoms with Gasteiger partial charge in [-0.3, -0.25) is 9.79 Å². The van der Waals surface area contributed by atoms with Crippen molar-refractivity contribution in [3.05, 3.63) is 47.3 Å². The predicted octanol–water partition coefficient (Wildman–Crippen LogP) is 1.16. The number of aliphatic imine (C=N–C) groups is 1. The minimum Gasteiger partial charge on any atom is -0.378 e. The van der Waals surface area contributed by atoms with E-state index in [0.717, 1.165) is 29.0 Å². The summed E-state index contributed by atoms with van der Waals surface area (Å²) in [5.74, 6) is 0.0562. The van der Waals surface area contributed by atoms with Gasteiger partial charge in [-0.2, -0.15) is 0 Å². The van der Waals surface area contributed by atoms with E-state index in [9.17, 15) is 4.79 Å². The van der Waals surface area contributed by atoms with Gasteiger partial charge in [0.15, 0.2) is 0 Å². The monoisotopic (exact) mass is 326 g/mol. The number of carbonyl (C=O) groups excluding carboxylic acids is 1. The van der Waals surface area contributed by atoms with Crippen LogP contribution in [0.4, 0.5) is 0 Å². The highest BCUT2D eigenvalue weighted by Crippen LogP contribution is 2.37. The Morgan fingerprint density at radius 1 is 1.38 bits per heavy atom. The molecule has 1 aliphatic carbocycles. The molecular weight excluding hydrogens is 304 g/mol. The average molecular weight is 326 g/mol. The highest BCUT2D eigenvalue weighted by molar-refractivity contribution is 6.08. The zero-order valence-electron chi connectivity index (χ0n) is 14.1. The van der Waals surface area contributed by atoms with Crippen LogP contribution in [0.1, 0.15) is 13.3 Å². The zero-order valence-corrected chi connectivity index (χ0v) is 14.1. The second-order valence-corrected chi connectivity index (χ2v) is 6.64. The smallest absolute Gasteiger partial charge is 0.253 e. The quantitative estimate of drug-likeness (QED) is 0.827. The number of ether oxygens (including phenoxy) is 1. The molecule has 1 fully saturated rings. The van der Waals surface area contributed by atoms with Crippen LogP contribution in [0, 0.1) is 0 Å². The molecular formula is C18H22N4O2. The van der Waals surface area contributed by atoms with Crippen LogP contribution in [0.25, 0.3) is 0 Å². The fourth-order valence-corrected chi connectivity index (χ4v) is 3.56. The van der Waals surface area contributed by atoms with Gasteiger partial charge in [-0.1, -0.05) is 18.2 Å². The third-order valence-corrected chi connectivity index (χ3v) is 4.91. The Balaban J connectivity index is 1.65. The fourth-order valence-electron chi connectivity index (χ4n) is 3.56. The summed E-state index contributed by atoms with van der Waals surface area (Å²) in [5.41, 5.74) is 6.61. The lowest BCUT2D eigenvalue weighted by atomic mass is 9.89. The summed E-state index contributed by atoms with van der Waals surface area (Å²) in [7, 11) is 1.91. The largest absolute Gasteiger partial charge is 0.378 e. The topological polar surface area (TPSA) is 57.2 Å². The molecule has 0 spiro atoms. The molecule has 1 unspecified atom stereocenters. The molecule has 6 heteroatoms. The molecule has 4 aliphatic rings. The van der Waals surface area contributed by atoms with E-state index in [2.05, 4.69) is 29.7 Å². The molecule has 1 saturated heterocycles. The first-order valence-corrected chi connectivity index (χ1v) is 8.35. The van der Waals surface area contributed by atoms with Gasteiger partial charge >= 0.3 is 0 Å². The lowest BCUT2D eigenvalue weighted by Crippen LogP contribution is -2.50. The number of morpholine rings is 1. The van der Waals surface area contributed by atoms with Gasteiger partial charge in [0.1, 0.15) is 5.54 Å². The third kappa shape index (κ3) is 2.42. The Labute approximate surface area is 141 Å². The van der Waals surface area contributed by atoms with Crippen molar-refractivity contribution in [1.29, 1.82) is 0 Å². The van der Waals surface area contributed by atoms with Crippen LogP contribution in [0.5, 0.6) is 0 Å². The number of fused-ring (bicyclic) bond motifs is 1. The summed E-state index contributed by atoms with van der Waals surface area (Å²) in [6, 6.07) is 0. The molecule has 3 aliphatic heterocycles. The molecule has 1 amide bonds. The first-order valence-electron chi connectivity index (χ1n) is 8.35. The second kappa shape index (κ2) is 5.72. The van der Waals surface area contributed by atoms with Gasteiger partial charge in [0.25, 0.3) is 5.91 Å². The molecule has 0 aromatic rings. The Kier molecular flexibility index (Phi) is 3.66. The van der Waals surface area contributed by atoms with Crippen LogP contribution in [-0.4, -0.2) is 60.4 Å². The van der Waals surface area contributed by atoms with E-state index in [1.807, 2.05) is 30.1 Å². The Morgan fingerprint density at radius 3 is 2.92 bits per heavy atom. The highest BCUT2D eigenvalue weighted by atomic mass is 16.5. The third-order valence-electron chi connectivity index (χ3n) is 4.91. The van der Waals surface area contributed by atoms with E-state index in [4.69, 9.17) is 9.73 Å². The molecule has 1 atom stereocenters. The minimum absolute atomic E-state index is 0.0562. The molecule has 6 nitrogen and oxygen atoms in total. The van der Waals surface area contributed by atoms with Gasteiger partial charge in [-0.15, -0.1) is 0 Å². The molecule has 4 rings (SSSR count). The SMILES string of the molecule is CN1C=C(C(=O)N2CCOCC2)C(C)(C2=CC3=CC=CCC3=N2)N1. The van der Waals surface area contributed by atoms with Crippen LogP contribution >= 0.6 is 0 Å². The van der Waals surface area contributed by atoms with Crippen molar-refractivity contribution in [3.63, 3.8) is 0 Å². The summed E-state index contributed by atoms with van der Waals surface area (Å²) in [6.07, 6.45) is 11.0. The van der Waals surface area contributed by atoms with Gasteiger partial charge in [0.05, 0.1) is 30.2 Å². The molecule has 1 N–H and O–H groups in total. The minimum atomic E-state index is -0.616. The van der Waals surface area contributed by atoms with E-state index < -0.39 is 5.54 Å². The summed E-state index contributed by atoms with van der Waals surface area (Å²) in [4.78, 5) is 19.7. The first-order chi connectivity index (χ1) is 11.6. The van der Waals surface area contributed by atoms with Crippen molar-refractivity contribution >= 4 is 11.6 Å². The van der Waals surface area contributed by atoms with E-state index in [1.54, 1.807) is 0 Å². The number of carbonyl (C=O) groups is 1. The average Bonchev–Trinajstić information content (AvgIpc) is 3.17. The lowest BCUT2D eigenvalue weighted by Gasteiger charge is -2.33. The summed E-state index contributed by atoms with van der Waals surface area (Å²) < 4.78 is 5.36. The molecule has 0 radical (unpaired) electrons. The fraction of sp³-hybridized carbons (Fsp3) is 0.444. The Morgan fingerprint density at radius 2 is 2.17 bits per heavy atom. The van der Waals surface area contributed by atoms with Crippen molar-refractivity contribution in [2.45, 2.75) is 18.9 Å². The lowest BCUT2D eigenvalue weighted by molar-refractivity contribution is -0.131. The molecule has 0 saturated carbocycles. The number of hydrogen-bond acceptors (Lipinski definition) is 5. The molecule has 3 heterocycles. The van der Waals surface area contributed by atoms with Crippen LogP contribution < -0.4 is 5.43 Å². The number of amides is 1. The van der Waals surface area contributed by atoms with E-state index >= 15 is 0 Å². The number of nitrogens with zero attached hydrogens (tertiary/aromatic N) is 3. The Hall–Kier alpha value is -2.18. The molecule has 126 valence electrons. The molecule has 24 heavy (non-hydrogen) atoms. The number of allylic oxidation sites excluding steroid dienone is 5. The maximum Gasteiger partial charge on any atom is 0.253 e. The van der Waals surface area contributed by atoms with E-state index in [1.165, 1.54) is 0 Å². The van der Waals surface area contributed by atoms with Crippen LogP contribution in [-0.2, 0) is 9.53 Å². The standard InChI is InChI=1S/C18H22N4O2/c1-18(16-11-13-5-3-4-6-15(13)19-16)14(12-21(2)20-18)17(23)22-7-9-24-10-8-22/h3-5,11-12,20H,6-10H2,1-2H3. The normalized spacial score (nSPS) is 29.1. The predicted molar refractivity (Wildman–Crippen MR) is 92.1 cm³/mol. The number of nitrogens with one attached hydrogen (secondary N) is 1. The Bertz CT molecular complexity index is 725. The van der Waals surface area contributed by atoms with Gasteiger partial charge in [-0.25, -0.2) is 5.43 Å². The molecule has 0 bridgehead atoms. The van der Waals surface area contributed by atoms with Gasteiger partial charge in [0, 0.05) is 32.8 Å². The van der Waals surface area contributed by atoms with Crippen LogP contribution in [0.3, 0.4) is 0 Å². The van der Waals surface area contributed by atoms with Gasteiger partial charge < -0.3 is 14.6 Å². The van der Waals surface area contributed by atoms with Crippen molar-refractivity contribution in [2.24, 2.45) is 4.99 Å². The van der Waals surface area contributed by atoms with E-state index in [-0.39, 0.29) is 5.91 Å². The van der Waals surface area contributed by atoms with Crippen molar-refractivity contribution < 1.29 is 9.53 Å². The van der Waals surface area contributed by atoms with Crippen LogP contribution in [0.2, 0.25) is 0 Å². The summed E-state index contributed by atoms with van der Waals surface area (Å²) in [5, 5.41) is 1.85. The zero-order chi connectivity index (χ0) is 16.7. The summed E-state index contributed by atoms with van der Waals surface area (Å²) >= 11 is 0. The maximum absolute atomic E-state index is 13.1. The van der Waals surface area contributed by atoms with Gasteiger partial charge in [-0.05, 0) is 18.6 Å².